The lowest BCUT2D eigenvalue weighted by atomic mass is 10.1. The lowest BCUT2D eigenvalue weighted by Crippen LogP contribution is -2.20. The molecule has 0 bridgehead atoms. The molecule has 25 heavy (non-hydrogen) atoms. The summed E-state index contributed by atoms with van der Waals surface area (Å²) in [5.41, 5.74) is 3.63. The first kappa shape index (κ1) is 19.4. The summed E-state index contributed by atoms with van der Waals surface area (Å²) in [7, 11) is 0. The van der Waals surface area contributed by atoms with Crippen molar-refractivity contribution in [3.05, 3.63) is 59.2 Å². The van der Waals surface area contributed by atoms with Crippen LogP contribution in [0.2, 0.25) is 0 Å². The van der Waals surface area contributed by atoms with Gasteiger partial charge in [0.15, 0.2) is 0 Å². The third-order valence-electron chi connectivity index (χ3n) is 4.03. The molecule has 2 aromatic carbocycles. The zero-order valence-corrected chi connectivity index (χ0v) is 16.1. The van der Waals surface area contributed by atoms with E-state index in [1.807, 2.05) is 43.3 Å². The molecule has 0 spiro atoms. The van der Waals surface area contributed by atoms with Crippen molar-refractivity contribution < 1.29 is 9.53 Å². The number of unbranched alkanes of at least 4 members (excludes halogenated alkanes) is 3. The number of carbonyl (C=O) groups excluding carboxylic acids is 1. The van der Waals surface area contributed by atoms with Crippen LogP contribution in [-0.4, -0.2) is 6.09 Å². The van der Waals surface area contributed by atoms with Gasteiger partial charge in [-0.25, -0.2) is 4.79 Å². The molecule has 0 saturated carbocycles. The average molecular weight is 358 g/mol. The number of benzene rings is 2. The van der Waals surface area contributed by atoms with Gasteiger partial charge in [-0.2, -0.15) is 0 Å². The number of nitrogens with one attached hydrogen (secondary N) is 1. The van der Waals surface area contributed by atoms with E-state index in [0.29, 0.717) is 5.75 Å². The largest absolute Gasteiger partial charge is 0.422 e. The van der Waals surface area contributed by atoms with Gasteiger partial charge in [-0.3, -0.25) is 4.72 Å². The fourth-order valence-corrected chi connectivity index (χ4v) is 3.21. The molecule has 0 aliphatic rings. The van der Waals surface area contributed by atoms with E-state index < -0.39 is 6.09 Å². The van der Waals surface area contributed by atoms with Crippen molar-refractivity contribution in [2.75, 3.05) is 0 Å². The van der Waals surface area contributed by atoms with Gasteiger partial charge in [-0.15, -0.1) is 0 Å². The van der Waals surface area contributed by atoms with E-state index >= 15 is 0 Å². The molecule has 0 unspecified atom stereocenters. The Kier molecular flexibility index (Phi) is 7.86. The molecule has 0 aliphatic heterocycles. The molecular formula is C21H27NO2S. The summed E-state index contributed by atoms with van der Waals surface area (Å²) in [6.07, 6.45) is 5.64. The Morgan fingerprint density at radius 2 is 1.80 bits per heavy atom. The summed E-state index contributed by atoms with van der Waals surface area (Å²) < 4.78 is 8.05. The highest BCUT2D eigenvalue weighted by Gasteiger charge is 2.07. The number of hydrogen-bond donors (Lipinski definition) is 1. The van der Waals surface area contributed by atoms with E-state index in [2.05, 4.69) is 24.6 Å². The van der Waals surface area contributed by atoms with Gasteiger partial charge in [0.05, 0.1) is 0 Å². The lowest BCUT2D eigenvalue weighted by molar-refractivity contribution is 0.207. The van der Waals surface area contributed by atoms with E-state index in [0.717, 1.165) is 16.9 Å². The van der Waals surface area contributed by atoms with E-state index in [4.69, 9.17) is 4.74 Å². The average Bonchev–Trinajstić information content (AvgIpc) is 2.59. The molecule has 134 valence electrons. The molecule has 0 radical (unpaired) electrons. The van der Waals surface area contributed by atoms with Gasteiger partial charge in [0.2, 0.25) is 0 Å². The van der Waals surface area contributed by atoms with Crippen LogP contribution in [0.4, 0.5) is 4.79 Å². The first-order chi connectivity index (χ1) is 12.1. The normalized spacial score (nSPS) is 10.5. The summed E-state index contributed by atoms with van der Waals surface area (Å²) >= 11 is 1.28. The Balaban J connectivity index is 1.78. The Bertz CT molecular complexity index is 683. The van der Waals surface area contributed by atoms with Gasteiger partial charge in [-0.05, 0) is 68.0 Å². The number of aryl methyl sites for hydroxylation is 3. The quantitative estimate of drug-likeness (QED) is 0.450. The molecule has 4 heteroatoms. The van der Waals surface area contributed by atoms with Crippen molar-refractivity contribution in [3.8, 4) is 5.75 Å². The maximum Gasteiger partial charge on any atom is 0.422 e. The van der Waals surface area contributed by atoms with Crippen molar-refractivity contribution in [3.63, 3.8) is 0 Å². The standard InChI is InChI=1S/C21H27NO2S/c1-4-5-6-7-8-18-10-12-19(13-11-18)24-21(23)22-25-20-14-9-16(2)15-17(20)3/h9-15H,4-8H2,1-3H3,(H,22,23). The third-order valence-corrected chi connectivity index (χ3v) is 4.97. The minimum atomic E-state index is -0.458. The first-order valence-electron chi connectivity index (χ1n) is 8.89. The molecule has 0 atom stereocenters. The Labute approximate surface area is 155 Å². The number of hydrogen-bond acceptors (Lipinski definition) is 3. The highest BCUT2D eigenvalue weighted by atomic mass is 32.2. The smallest absolute Gasteiger partial charge is 0.410 e. The Morgan fingerprint density at radius 3 is 2.48 bits per heavy atom. The summed E-state index contributed by atoms with van der Waals surface area (Å²) in [5, 5.41) is 0. The number of amides is 1. The van der Waals surface area contributed by atoms with Gasteiger partial charge in [0.25, 0.3) is 0 Å². The fourth-order valence-electron chi connectivity index (χ4n) is 2.62. The first-order valence-corrected chi connectivity index (χ1v) is 9.71. The van der Waals surface area contributed by atoms with Gasteiger partial charge in [0.1, 0.15) is 5.75 Å². The number of ether oxygens (including phenoxy) is 1. The summed E-state index contributed by atoms with van der Waals surface area (Å²) in [4.78, 5) is 13.0. The van der Waals surface area contributed by atoms with Crippen LogP contribution < -0.4 is 9.46 Å². The van der Waals surface area contributed by atoms with Crippen LogP contribution in [0.15, 0.2) is 47.4 Å². The summed E-state index contributed by atoms with van der Waals surface area (Å²) in [5.74, 6) is 0.566. The Hall–Kier alpha value is -1.94. The second-order valence-corrected chi connectivity index (χ2v) is 7.17. The van der Waals surface area contributed by atoms with E-state index in [-0.39, 0.29) is 0 Å². The SMILES string of the molecule is CCCCCCc1ccc(OC(=O)NSc2ccc(C)cc2C)cc1. The molecular weight excluding hydrogens is 330 g/mol. The molecule has 0 fully saturated rings. The molecule has 2 rings (SSSR count). The van der Waals surface area contributed by atoms with Crippen LogP contribution in [0.3, 0.4) is 0 Å². The molecule has 3 nitrogen and oxygen atoms in total. The van der Waals surface area contributed by atoms with Crippen molar-refractivity contribution in [1.82, 2.24) is 4.72 Å². The van der Waals surface area contributed by atoms with E-state index in [1.165, 1.54) is 48.8 Å². The van der Waals surface area contributed by atoms with Gasteiger partial charge >= 0.3 is 6.09 Å². The van der Waals surface area contributed by atoms with Crippen LogP contribution in [0.5, 0.6) is 5.75 Å². The van der Waals surface area contributed by atoms with Crippen molar-refractivity contribution in [2.24, 2.45) is 0 Å². The lowest BCUT2D eigenvalue weighted by Gasteiger charge is -2.09. The minimum absolute atomic E-state index is 0.458. The second-order valence-electron chi connectivity index (χ2n) is 6.32. The van der Waals surface area contributed by atoms with Gasteiger partial charge in [-0.1, -0.05) is 56.0 Å². The molecule has 1 amide bonds. The van der Waals surface area contributed by atoms with Gasteiger partial charge in [0, 0.05) is 4.90 Å². The van der Waals surface area contributed by atoms with Crippen LogP contribution in [0.25, 0.3) is 0 Å². The van der Waals surface area contributed by atoms with E-state index in [1.54, 1.807) is 0 Å². The zero-order valence-electron chi connectivity index (χ0n) is 15.3. The molecule has 2 aromatic rings. The Morgan fingerprint density at radius 1 is 1.04 bits per heavy atom. The minimum Gasteiger partial charge on any atom is -0.410 e. The maximum atomic E-state index is 11.9. The zero-order chi connectivity index (χ0) is 18.1. The summed E-state index contributed by atoms with van der Waals surface area (Å²) in [6.45, 7) is 6.30. The highest BCUT2D eigenvalue weighted by Crippen LogP contribution is 2.21. The predicted octanol–water partition coefficient (Wildman–Crippen LogP) is 6.22. The topological polar surface area (TPSA) is 38.3 Å². The third kappa shape index (κ3) is 6.83. The van der Waals surface area contributed by atoms with Crippen molar-refractivity contribution >= 4 is 18.0 Å². The molecule has 1 N–H and O–H groups in total. The van der Waals surface area contributed by atoms with Crippen molar-refractivity contribution in [2.45, 2.75) is 57.8 Å². The molecule has 0 heterocycles. The number of carbonyl (C=O) groups is 1. The van der Waals surface area contributed by atoms with Crippen LogP contribution >= 0.6 is 11.9 Å². The molecule has 0 aromatic heterocycles. The van der Waals surface area contributed by atoms with Crippen LogP contribution in [0.1, 0.15) is 49.3 Å². The highest BCUT2D eigenvalue weighted by molar-refractivity contribution is 7.98. The fraction of sp³-hybridized carbons (Fsp3) is 0.381. The van der Waals surface area contributed by atoms with Crippen LogP contribution in [-0.2, 0) is 6.42 Å². The second kappa shape index (κ2) is 10.1. The maximum absolute atomic E-state index is 11.9. The van der Waals surface area contributed by atoms with Gasteiger partial charge < -0.3 is 4.74 Å². The van der Waals surface area contributed by atoms with Crippen LogP contribution in [0, 0.1) is 13.8 Å². The van der Waals surface area contributed by atoms with Crippen molar-refractivity contribution in [1.29, 1.82) is 0 Å². The summed E-state index contributed by atoms with van der Waals surface area (Å²) in [6, 6.07) is 13.9. The molecule has 0 aliphatic carbocycles. The predicted molar refractivity (Wildman–Crippen MR) is 105 cm³/mol. The monoisotopic (exact) mass is 357 g/mol. The number of rotatable bonds is 8. The molecule has 0 saturated heterocycles. The van der Waals surface area contributed by atoms with E-state index in [9.17, 15) is 4.79 Å².